The van der Waals surface area contributed by atoms with Crippen LogP contribution in [0, 0.1) is 11.8 Å². The summed E-state index contributed by atoms with van der Waals surface area (Å²) < 4.78 is 5.45. The smallest absolute Gasteiger partial charge is 0.0495 e. The maximum Gasteiger partial charge on any atom is 0.0495 e. The minimum Gasteiger partial charge on any atom is -0.381 e. The van der Waals surface area contributed by atoms with Crippen LogP contribution in [0.3, 0.4) is 0 Å². The van der Waals surface area contributed by atoms with Gasteiger partial charge in [0.1, 0.15) is 0 Å². The molecule has 0 bridgehead atoms. The van der Waals surface area contributed by atoms with Crippen molar-refractivity contribution in [2.24, 2.45) is 11.8 Å². The molecular weight excluding hydrogens is 224 g/mol. The Morgan fingerprint density at radius 1 is 1.11 bits per heavy atom. The first kappa shape index (κ1) is 12.9. The van der Waals surface area contributed by atoms with Gasteiger partial charge >= 0.3 is 0 Å². The summed E-state index contributed by atoms with van der Waals surface area (Å²) >= 11 is 0. The lowest BCUT2D eigenvalue weighted by Crippen LogP contribution is -2.41. The summed E-state index contributed by atoms with van der Waals surface area (Å²) in [6.45, 7) is 7.24. The molecule has 0 aliphatic carbocycles. The van der Waals surface area contributed by atoms with Gasteiger partial charge in [0.15, 0.2) is 0 Å². The topological polar surface area (TPSA) is 24.5 Å². The van der Waals surface area contributed by atoms with Crippen molar-refractivity contribution in [3.05, 3.63) is 0 Å². The highest BCUT2D eigenvalue weighted by molar-refractivity contribution is 4.85. The molecular formula is C15H28N2O. The molecule has 0 spiro atoms. The van der Waals surface area contributed by atoms with Crippen LogP contribution in [0.2, 0.25) is 0 Å². The molecule has 3 rings (SSSR count). The fraction of sp³-hybridized carbons (Fsp3) is 1.00. The Kier molecular flexibility index (Phi) is 4.55. The summed E-state index contributed by atoms with van der Waals surface area (Å²) in [5.41, 5.74) is 0. The minimum absolute atomic E-state index is 0.843. The molecule has 2 unspecified atom stereocenters. The first-order chi connectivity index (χ1) is 8.92. The van der Waals surface area contributed by atoms with E-state index in [1.54, 1.807) is 0 Å². The average Bonchev–Trinajstić information content (AvgIpc) is 3.10. The predicted molar refractivity (Wildman–Crippen MR) is 73.7 cm³/mol. The van der Waals surface area contributed by atoms with Crippen molar-refractivity contribution < 1.29 is 4.74 Å². The van der Waals surface area contributed by atoms with Gasteiger partial charge in [-0.3, -0.25) is 0 Å². The van der Waals surface area contributed by atoms with E-state index in [-0.39, 0.29) is 0 Å². The molecule has 2 atom stereocenters. The molecule has 3 aliphatic heterocycles. The van der Waals surface area contributed by atoms with Crippen molar-refractivity contribution in [1.82, 2.24) is 10.2 Å². The third-order valence-electron chi connectivity index (χ3n) is 5.18. The van der Waals surface area contributed by atoms with Gasteiger partial charge in [-0.25, -0.2) is 0 Å². The van der Waals surface area contributed by atoms with Crippen LogP contribution in [0.4, 0.5) is 0 Å². The monoisotopic (exact) mass is 252 g/mol. The van der Waals surface area contributed by atoms with Gasteiger partial charge in [-0.2, -0.15) is 0 Å². The zero-order valence-corrected chi connectivity index (χ0v) is 11.6. The second kappa shape index (κ2) is 6.36. The zero-order chi connectivity index (χ0) is 12.2. The molecule has 3 heterocycles. The zero-order valence-electron chi connectivity index (χ0n) is 11.6. The molecule has 0 amide bonds. The molecule has 0 radical (unpaired) electrons. The Morgan fingerprint density at radius 2 is 2.00 bits per heavy atom. The fourth-order valence-corrected chi connectivity index (χ4v) is 3.87. The van der Waals surface area contributed by atoms with E-state index < -0.39 is 0 Å². The standard InChI is InChI=1S/C15H28N2O/c1-2-15(16-7-1)14-4-9-17(10-5-14)8-3-13-6-11-18-12-13/h13-16H,1-12H2. The van der Waals surface area contributed by atoms with Crippen LogP contribution in [0.1, 0.15) is 38.5 Å². The van der Waals surface area contributed by atoms with Gasteiger partial charge < -0.3 is 15.0 Å². The fourth-order valence-electron chi connectivity index (χ4n) is 3.87. The van der Waals surface area contributed by atoms with E-state index in [0.29, 0.717) is 0 Å². The quantitative estimate of drug-likeness (QED) is 0.827. The summed E-state index contributed by atoms with van der Waals surface area (Å²) in [7, 11) is 0. The second-order valence-corrected chi connectivity index (χ2v) is 6.40. The van der Waals surface area contributed by atoms with E-state index in [1.807, 2.05) is 0 Å². The van der Waals surface area contributed by atoms with Gasteiger partial charge in [-0.05, 0) is 76.5 Å². The van der Waals surface area contributed by atoms with Gasteiger partial charge in [0.25, 0.3) is 0 Å². The SMILES string of the molecule is C1CNC(C2CCN(CCC3CCOC3)CC2)C1. The molecule has 18 heavy (non-hydrogen) atoms. The lowest BCUT2D eigenvalue weighted by Gasteiger charge is -2.35. The maximum absolute atomic E-state index is 5.45. The van der Waals surface area contributed by atoms with Crippen molar-refractivity contribution in [1.29, 1.82) is 0 Å². The van der Waals surface area contributed by atoms with Crippen LogP contribution in [-0.4, -0.2) is 50.3 Å². The van der Waals surface area contributed by atoms with Gasteiger partial charge in [-0.1, -0.05) is 0 Å². The van der Waals surface area contributed by atoms with E-state index in [4.69, 9.17) is 4.74 Å². The summed E-state index contributed by atoms with van der Waals surface area (Å²) in [6, 6.07) is 0.843. The van der Waals surface area contributed by atoms with Crippen molar-refractivity contribution in [2.75, 3.05) is 39.4 Å². The highest BCUT2D eigenvalue weighted by Crippen LogP contribution is 2.26. The lowest BCUT2D eigenvalue weighted by molar-refractivity contribution is 0.148. The van der Waals surface area contributed by atoms with E-state index >= 15 is 0 Å². The minimum atomic E-state index is 0.843. The number of hydrogen-bond acceptors (Lipinski definition) is 3. The molecule has 3 saturated heterocycles. The van der Waals surface area contributed by atoms with E-state index in [0.717, 1.165) is 31.1 Å². The molecule has 3 heteroatoms. The highest BCUT2D eigenvalue weighted by Gasteiger charge is 2.28. The van der Waals surface area contributed by atoms with Gasteiger partial charge in [-0.15, -0.1) is 0 Å². The highest BCUT2D eigenvalue weighted by atomic mass is 16.5. The second-order valence-electron chi connectivity index (χ2n) is 6.40. The lowest BCUT2D eigenvalue weighted by atomic mass is 9.88. The number of hydrogen-bond donors (Lipinski definition) is 1. The number of nitrogens with zero attached hydrogens (tertiary/aromatic N) is 1. The van der Waals surface area contributed by atoms with E-state index in [1.165, 1.54) is 64.7 Å². The molecule has 3 nitrogen and oxygen atoms in total. The normalized spacial score (nSPS) is 35.3. The Hall–Kier alpha value is -0.120. The van der Waals surface area contributed by atoms with Crippen molar-refractivity contribution in [3.8, 4) is 0 Å². The van der Waals surface area contributed by atoms with Crippen LogP contribution in [0.15, 0.2) is 0 Å². The Labute approximate surface area is 111 Å². The Bertz CT molecular complexity index is 239. The molecule has 0 aromatic heterocycles. The Balaban J connectivity index is 1.34. The van der Waals surface area contributed by atoms with Gasteiger partial charge in [0.05, 0.1) is 0 Å². The van der Waals surface area contributed by atoms with Crippen molar-refractivity contribution in [3.63, 3.8) is 0 Å². The molecule has 3 aliphatic rings. The summed E-state index contributed by atoms with van der Waals surface area (Å²) in [6.07, 6.45) is 8.29. The number of likely N-dealkylation sites (tertiary alicyclic amines) is 1. The number of rotatable bonds is 4. The van der Waals surface area contributed by atoms with Crippen LogP contribution < -0.4 is 5.32 Å². The van der Waals surface area contributed by atoms with Crippen molar-refractivity contribution in [2.45, 2.75) is 44.6 Å². The molecule has 104 valence electrons. The number of piperidine rings is 1. The molecule has 3 fully saturated rings. The van der Waals surface area contributed by atoms with Gasteiger partial charge in [0.2, 0.25) is 0 Å². The van der Waals surface area contributed by atoms with E-state index in [9.17, 15) is 0 Å². The first-order valence-corrected chi connectivity index (χ1v) is 7.95. The first-order valence-electron chi connectivity index (χ1n) is 7.95. The predicted octanol–water partition coefficient (Wildman–Crippen LogP) is 1.88. The van der Waals surface area contributed by atoms with Gasteiger partial charge in [0, 0.05) is 19.3 Å². The summed E-state index contributed by atoms with van der Waals surface area (Å²) in [5, 5.41) is 3.68. The third kappa shape index (κ3) is 3.25. The largest absolute Gasteiger partial charge is 0.381 e. The molecule has 0 saturated carbocycles. The maximum atomic E-state index is 5.45. The number of ether oxygens (including phenoxy) is 1. The molecule has 1 N–H and O–H groups in total. The summed E-state index contributed by atoms with van der Waals surface area (Å²) in [4.78, 5) is 2.68. The Morgan fingerprint density at radius 3 is 2.67 bits per heavy atom. The summed E-state index contributed by atoms with van der Waals surface area (Å²) in [5.74, 6) is 1.80. The third-order valence-corrected chi connectivity index (χ3v) is 5.18. The van der Waals surface area contributed by atoms with Crippen LogP contribution >= 0.6 is 0 Å². The molecule has 0 aromatic carbocycles. The van der Waals surface area contributed by atoms with Crippen LogP contribution in [0.25, 0.3) is 0 Å². The van der Waals surface area contributed by atoms with E-state index in [2.05, 4.69) is 10.2 Å². The van der Waals surface area contributed by atoms with Crippen LogP contribution in [-0.2, 0) is 4.74 Å². The number of nitrogens with one attached hydrogen (secondary N) is 1. The molecule has 0 aromatic rings. The average molecular weight is 252 g/mol. The van der Waals surface area contributed by atoms with Crippen LogP contribution in [0.5, 0.6) is 0 Å². The van der Waals surface area contributed by atoms with Crippen molar-refractivity contribution >= 4 is 0 Å².